The van der Waals surface area contributed by atoms with Crippen molar-refractivity contribution in [1.29, 1.82) is 0 Å². The molecule has 0 aromatic carbocycles. The second-order valence-electron chi connectivity index (χ2n) is 2.66. The lowest BCUT2D eigenvalue weighted by atomic mass is 10.4. The molecular weight excluding hydrogens is 190 g/mol. The van der Waals surface area contributed by atoms with Gasteiger partial charge in [0.05, 0.1) is 19.8 Å². The normalized spacial score (nSPS) is 12.5. The highest BCUT2D eigenvalue weighted by Gasteiger charge is 2.30. The van der Waals surface area contributed by atoms with E-state index >= 15 is 0 Å². The van der Waals surface area contributed by atoms with Crippen LogP contribution in [0.4, 0.5) is 17.6 Å². The average molecular weight is 203 g/mol. The molecule has 0 rings (SSSR count). The number of hydrogen-bond acceptors (Lipinski definition) is 2. The van der Waals surface area contributed by atoms with E-state index < -0.39 is 19.4 Å². The third-order valence-electron chi connectivity index (χ3n) is 1.43. The number of rotatable bonds is 6. The van der Waals surface area contributed by atoms with Gasteiger partial charge in [0, 0.05) is 13.1 Å². The summed E-state index contributed by atoms with van der Waals surface area (Å²) in [6.45, 7) is -2.12. The molecule has 0 radical (unpaired) electrons. The van der Waals surface area contributed by atoms with E-state index in [9.17, 15) is 17.6 Å². The molecule has 13 heavy (non-hydrogen) atoms. The van der Waals surface area contributed by atoms with E-state index in [1.54, 1.807) is 0 Å². The molecule has 0 aromatic rings. The van der Waals surface area contributed by atoms with E-state index in [2.05, 4.69) is 0 Å². The molecule has 0 unspecified atom stereocenters. The van der Waals surface area contributed by atoms with E-state index in [1.165, 1.54) is 0 Å². The van der Waals surface area contributed by atoms with Crippen LogP contribution < -0.4 is 0 Å². The first-order valence-electron chi connectivity index (χ1n) is 3.95. The molecule has 0 aliphatic carbocycles. The molecule has 2 nitrogen and oxygen atoms in total. The summed E-state index contributed by atoms with van der Waals surface area (Å²) in [5.41, 5.74) is 0. The lowest BCUT2D eigenvalue weighted by Gasteiger charge is -2.21. The number of aliphatic hydroxyl groups is 1. The molecule has 0 aliphatic rings. The van der Waals surface area contributed by atoms with Gasteiger partial charge in [-0.1, -0.05) is 0 Å². The molecule has 0 saturated heterocycles. The summed E-state index contributed by atoms with van der Waals surface area (Å²) in [6.07, 6.45) is -4.22. The van der Waals surface area contributed by atoms with E-state index in [1.807, 2.05) is 0 Å². The fourth-order valence-electron chi connectivity index (χ4n) is 0.948. The Labute approximate surface area is 74.1 Å². The minimum Gasteiger partial charge on any atom is -0.395 e. The van der Waals surface area contributed by atoms with Gasteiger partial charge < -0.3 is 5.11 Å². The lowest BCUT2D eigenvalue weighted by molar-refractivity contribution is -0.146. The predicted octanol–water partition coefficient (Wildman–Crippen LogP) is 1.20. The van der Waals surface area contributed by atoms with Crippen LogP contribution in [0.15, 0.2) is 0 Å². The second kappa shape index (κ2) is 6.15. The Morgan fingerprint density at radius 3 is 2.15 bits per heavy atom. The highest BCUT2D eigenvalue weighted by Crippen LogP contribution is 2.16. The standard InChI is InChI=1S/C7H13F4NO/c8-2-1-3-12(4-5-13)6-7(9,10)11/h13H,1-6H2. The van der Waals surface area contributed by atoms with Gasteiger partial charge in [-0.05, 0) is 6.42 Å². The van der Waals surface area contributed by atoms with E-state index in [-0.39, 0.29) is 26.1 Å². The Morgan fingerprint density at radius 2 is 1.77 bits per heavy atom. The van der Waals surface area contributed by atoms with Crippen molar-refractivity contribution in [3.63, 3.8) is 0 Å². The quantitative estimate of drug-likeness (QED) is 0.656. The molecular formula is C7H13F4NO. The van der Waals surface area contributed by atoms with Crippen molar-refractivity contribution in [1.82, 2.24) is 4.90 Å². The van der Waals surface area contributed by atoms with Crippen LogP contribution in [0.3, 0.4) is 0 Å². The predicted molar refractivity (Wildman–Crippen MR) is 40.2 cm³/mol. The maximum atomic E-state index is 11.8. The molecule has 0 bridgehead atoms. The smallest absolute Gasteiger partial charge is 0.395 e. The molecule has 80 valence electrons. The highest BCUT2D eigenvalue weighted by atomic mass is 19.4. The molecule has 0 fully saturated rings. The monoisotopic (exact) mass is 203 g/mol. The third kappa shape index (κ3) is 7.98. The van der Waals surface area contributed by atoms with Crippen molar-refractivity contribution < 1.29 is 22.7 Å². The minimum atomic E-state index is -4.29. The van der Waals surface area contributed by atoms with Gasteiger partial charge in [-0.25, -0.2) is 0 Å². The first kappa shape index (κ1) is 12.6. The number of nitrogens with zero attached hydrogens (tertiary/aromatic N) is 1. The summed E-state index contributed by atoms with van der Waals surface area (Å²) in [5, 5.41) is 8.43. The molecule has 0 saturated carbocycles. The Kier molecular flexibility index (Phi) is 5.98. The van der Waals surface area contributed by atoms with Gasteiger partial charge in [0.1, 0.15) is 0 Å². The fraction of sp³-hybridized carbons (Fsp3) is 1.00. The lowest BCUT2D eigenvalue weighted by Crippen LogP contribution is -2.37. The molecule has 0 atom stereocenters. The Bertz CT molecular complexity index is 128. The number of hydrogen-bond donors (Lipinski definition) is 1. The van der Waals surface area contributed by atoms with Crippen molar-refractivity contribution in [3.8, 4) is 0 Å². The summed E-state index contributed by atoms with van der Waals surface area (Å²) in [4.78, 5) is 0.986. The first-order valence-corrected chi connectivity index (χ1v) is 3.95. The summed E-state index contributed by atoms with van der Waals surface area (Å²) >= 11 is 0. The maximum Gasteiger partial charge on any atom is 0.401 e. The van der Waals surface area contributed by atoms with E-state index in [0.717, 1.165) is 4.90 Å². The first-order chi connectivity index (χ1) is 5.99. The van der Waals surface area contributed by atoms with Crippen LogP contribution in [0.5, 0.6) is 0 Å². The van der Waals surface area contributed by atoms with Crippen LogP contribution in [-0.4, -0.2) is 49.1 Å². The Balaban J connectivity index is 3.79. The van der Waals surface area contributed by atoms with Gasteiger partial charge in [-0.3, -0.25) is 9.29 Å². The van der Waals surface area contributed by atoms with Crippen molar-refractivity contribution in [2.45, 2.75) is 12.6 Å². The molecule has 0 aliphatic heterocycles. The third-order valence-corrected chi connectivity index (χ3v) is 1.43. The fourth-order valence-corrected chi connectivity index (χ4v) is 0.948. The minimum absolute atomic E-state index is 0.0244. The van der Waals surface area contributed by atoms with Gasteiger partial charge >= 0.3 is 6.18 Å². The van der Waals surface area contributed by atoms with Gasteiger partial charge in [-0.2, -0.15) is 13.2 Å². The van der Waals surface area contributed by atoms with Crippen LogP contribution in [0.25, 0.3) is 0 Å². The second-order valence-corrected chi connectivity index (χ2v) is 2.66. The Morgan fingerprint density at radius 1 is 1.15 bits per heavy atom. The van der Waals surface area contributed by atoms with Gasteiger partial charge in [0.25, 0.3) is 0 Å². The molecule has 1 N–H and O–H groups in total. The Hall–Kier alpha value is -0.360. The SMILES string of the molecule is OCCN(CCCF)CC(F)(F)F. The van der Waals surface area contributed by atoms with Crippen LogP contribution in [0, 0.1) is 0 Å². The molecule has 6 heteroatoms. The molecule has 0 spiro atoms. The van der Waals surface area contributed by atoms with Crippen LogP contribution in [0.1, 0.15) is 6.42 Å². The number of halogens is 4. The van der Waals surface area contributed by atoms with Crippen LogP contribution in [0.2, 0.25) is 0 Å². The zero-order valence-corrected chi connectivity index (χ0v) is 7.15. The van der Waals surface area contributed by atoms with E-state index in [4.69, 9.17) is 5.11 Å². The van der Waals surface area contributed by atoms with Crippen molar-refractivity contribution in [2.75, 3.05) is 32.9 Å². The van der Waals surface area contributed by atoms with Crippen molar-refractivity contribution in [3.05, 3.63) is 0 Å². The molecule has 0 aromatic heterocycles. The van der Waals surface area contributed by atoms with Crippen molar-refractivity contribution in [2.24, 2.45) is 0 Å². The highest BCUT2D eigenvalue weighted by molar-refractivity contribution is 4.62. The summed E-state index contributed by atoms with van der Waals surface area (Å²) in [5.74, 6) is 0. The van der Waals surface area contributed by atoms with Gasteiger partial charge in [-0.15, -0.1) is 0 Å². The zero-order valence-electron chi connectivity index (χ0n) is 7.15. The summed E-state index contributed by atoms with van der Waals surface area (Å²) < 4.78 is 47.2. The van der Waals surface area contributed by atoms with Crippen LogP contribution >= 0.6 is 0 Å². The maximum absolute atomic E-state index is 11.8. The number of alkyl halides is 4. The van der Waals surface area contributed by atoms with E-state index in [0.29, 0.717) is 0 Å². The number of aliphatic hydroxyl groups excluding tert-OH is 1. The van der Waals surface area contributed by atoms with Gasteiger partial charge in [0.15, 0.2) is 0 Å². The summed E-state index contributed by atoms with van der Waals surface area (Å²) in [6, 6.07) is 0. The largest absolute Gasteiger partial charge is 0.401 e. The molecule has 0 amide bonds. The zero-order chi connectivity index (χ0) is 10.3. The van der Waals surface area contributed by atoms with Crippen molar-refractivity contribution >= 4 is 0 Å². The molecule has 0 heterocycles. The van der Waals surface area contributed by atoms with Crippen LogP contribution in [-0.2, 0) is 0 Å². The average Bonchev–Trinajstić information content (AvgIpc) is 1.98. The topological polar surface area (TPSA) is 23.5 Å². The van der Waals surface area contributed by atoms with Gasteiger partial charge in [0.2, 0.25) is 0 Å². The summed E-state index contributed by atoms with van der Waals surface area (Å²) in [7, 11) is 0.